The summed E-state index contributed by atoms with van der Waals surface area (Å²) < 4.78 is 12.7. The summed E-state index contributed by atoms with van der Waals surface area (Å²) in [4.78, 5) is 31.6. The van der Waals surface area contributed by atoms with Crippen molar-refractivity contribution in [2.45, 2.75) is 20.4 Å². The van der Waals surface area contributed by atoms with Crippen molar-refractivity contribution in [2.24, 2.45) is 0 Å². The number of furan rings is 1. The van der Waals surface area contributed by atoms with Crippen LogP contribution >= 0.6 is 0 Å². The first-order valence-corrected chi connectivity index (χ1v) is 11.7. The molecular formula is C24H32N6O4. The molecule has 4 heterocycles. The summed E-state index contributed by atoms with van der Waals surface area (Å²) in [5.41, 5.74) is 2.23. The molecule has 0 bridgehead atoms. The Labute approximate surface area is 199 Å². The van der Waals surface area contributed by atoms with Gasteiger partial charge in [0, 0.05) is 45.0 Å². The Morgan fingerprint density at radius 3 is 2.41 bits per heavy atom. The van der Waals surface area contributed by atoms with Gasteiger partial charge in [0.25, 0.3) is 0 Å². The third-order valence-corrected chi connectivity index (χ3v) is 6.65. The van der Waals surface area contributed by atoms with Gasteiger partial charge in [0.05, 0.1) is 44.7 Å². The van der Waals surface area contributed by atoms with Gasteiger partial charge in [-0.2, -0.15) is 5.26 Å². The van der Waals surface area contributed by atoms with Crippen LogP contribution < -0.4 is 5.32 Å². The molecule has 2 saturated heterocycles. The Kier molecular flexibility index (Phi) is 7.67. The molecule has 2 aromatic heterocycles. The second-order valence-electron chi connectivity index (χ2n) is 8.80. The largest absolute Gasteiger partial charge is 0.467 e. The smallest absolute Gasteiger partial charge is 0.239 e. The molecule has 0 radical (unpaired) electrons. The van der Waals surface area contributed by atoms with Crippen LogP contribution in [-0.4, -0.2) is 96.7 Å². The summed E-state index contributed by atoms with van der Waals surface area (Å²) in [6, 6.07) is 5.91. The summed E-state index contributed by atoms with van der Waals surface area (Å²) in [7, 11) is 0. The zero-order valence-corrected chi connectivity index (χ0v) is 19.9. The fraction of sp³-hybridized carbons (Fsp3) is 0.542. The number of nitrogens with zero attached hydrogens (tertiary/aromatic N) is 5. The first kappa shape index (κ1) is 24.0. The van der Waals surface area contributed by atoms with Crippen LogP contribution in [0.4, 0.5) is 5.82 Å². The topological polar surface area (TPSA) is 107 Å². The van der Waals surface area contributed by atoms with E-state index in [0.29, 0.717) is 63.9 Å². The lowest BCUT2D eigenvalue weighted by atomic mass is 10.2. The van der Waals surface area contributed by atoms with E-state index in [0.717, 1.165) is 30.1 Å². The standard InChI is InChI=1S/C24H32N6O4/c1-18-19(2)30(15-20-4-3-11-34-20)24(21(18)14-25)26-22(31)16-27-5-7-29(8-6-27)23(32)17-28-9-12-33-13-10-28/h3-4,11H,5-10,12-13,15-17H2,1-2H3,(H,26,31). The molecule has 2 amide bonds. The lowest BCUT2D eigenvalue weighted by Gasteiger charge is -2.36. The number of nitrogens with one attached hydrogen (secondary N) is 1. The van der Waals surface area contributed by atoms with E-state index in [1.807, 2.05) is 40.3 Å². The molecule has 182 valence electrons. The molecule has 0 saturated carbocycles. The van der Waals surface area contributed by atoms with Crippen molar-refractivity contribution in [3.05, 3.63) is 41.0 Å². The zero-order valence-electron chi connectivity index (χ0n) is 19.9. The van der Waals surface area contributed by atoms with Crippen LogP contribution in [0.1, 0.15) is 22.6 Å². The van der Waals surface area contributed by atoms with E-state index in [1.54, 1.807) is 6.26 Å². The predicted octanol–water partition coefficient (Wildman–Crippen LogP) is 1.03. The van der Waals surface area contributed by atoms with Crippen LogP contribution in [0.2, 0.25) is 0 Å². The number of hydrogen-bond acceptors (Lipinski definition) is 7. The van der Waals surface area contributed by atoms with Crippen LogP contribution in [0.5, 0.6) is 0 Å². The van der Waals surface area contributed by atoms with Crippen molar-refractivity contribution in [3.63, 3.8) is 0 Å². The highest BCUT2D eigenvalue weighted by Crippen LogP contribution is 2.27. The van der Waals surface area contributed by atoms with Gasteiger partial charge in [0.1, 0.15) is 17.6 Å². The van der Waals surface area contributed by atoms with Crippen LogP contribution in [0, 0.1) is 25.2 Å². The molecule has 0 aliphatic carbocycles. The lowest BCUT2D eigenvalue weighted by Crippen LogP contribution is -2.53. The van der Waals surface area contributed by atoms with E-state index in [9.17, 15) is 14.9 Å². The number of carbonyl (C=O) groups excluding carboxylic acids is 2. The van der Waals surface area contributed by atoms with Crippen LogP contribution in [0.25, 0.3) is 0 Å². The third-order valence-electron chi connectivity index (χ3n) is 6.65. The van der Waals surface area contributed by atoms with Crippen molar-refractivity contribution in [3.8, 4) is 6.07 Å². The first-order valence-electron chi connectivity index (χ1n) is 11.7. The number of ether oxygens (including phenoxy) is 1. The molecule has 34 heavy (non-hydrogen) atoms. The van der Waals surface area contributed by atoms with E-state index in [-0.39, 0.29) is 18.4 Å². The molecule has 1 N–H and O–H groups in total. The van der Waals surface area contributed by atoms with Crippen molar-refractivity contribution in [1.29, 1.82) is 5.26 Å². The van der Waals surface area contributed by atoms with Gasteiger partial charge in [-0.25, -0.2) is 0 Å². The van der Waals surface area contributed by atoms with Crippen molar-refractivity contribution >= 4 is 17.6 Å². The van der Waals surface area contributed by atoms with Crippen LogP contribution in [0.15, 0.2) is 22.8 Å². The fourth-order valence-electron chi connectivity index (χ4n) is 4.47. The number of morpholine rings is 1. The molecule has 2 aliphatic heterocycles. The summed E-state index contributed by atoms with van der Waals surface area (Å²) in [6.45, 7) is 10.3. The maximum atomic E-state index is 12.9. The molecule has 10 nitrogen and oxygen atoms in total. The Bertz CT molecular complexity index is 1040. The van der Waals surface area contributed by atoms with E-state index in [2.05, 4.69) is 16.3 Å². The van der Waals surface area contributed by atoms with E-state index in [4.69, 9.17) is 9.15 Å². The number of rotatable bonds is 7. The maximum absolute atomic E-state index is 12.9. The normalized spacial score (nSPS) is 17.5. The number of hydrogen-bond donors (Lipinski definition) is 1. The number of carbonyl (C=O) groups is 2. The average molecular weight is 469 g/mol. The average Bonchev–Trinajstić information content (AvgIpc) is 3.43. The summed E-state index contributed by atoms with van der Waals surface area (Å²) in [6.07, 6.45) is 1.61. The highest BCUT2D eigenvalue weighted by molar-refractivity contribution is 5.93. The summed E-state index contributed by atoms with van der Waals surface area (Å²) in [5.74, 6) is 1.20. The Hall–Kier alpha value is -3.13. The van der Waals surface area contributed by atoms with Crippen molar-refractivity contribution < 1.29 is 18.7 Å². The van der Waals surface area contributed by atoms with Gasteiger partial charge in [0.15, 0.2) is 0 Å². The van der Waals surface area contributed by atoms with E-state index >= 15 is 0 Å². The lowest BCUT2D eigenvalue weighted by molar-refractivity contribution is -0.135. The number of nitriles is 1. The van der Waals surface area contributed by atoms with Crippen LogP contribution in [-0.2, 0) is 20.9 Å². The van der Waals surface area contributed by atoms with Gasteiger partial charge in [-0.15, -0.1) is 0 Å². The van der Waals surface area contributed by atoms with E-state index < -0.39 is 0 Å². The van der Waals surface area contributed by atoms with Crippen molar-refractivity contribution in [2.75, 3.05) is 70.9 Å². The van der Waals surface area contributed by atoms with Gasteiger partial charge in [-0.3, -0.25) is 19.4 Å². The van der Waals surface area contributed by atoms with Gasteiger partial charge in [-0.1, -0.05) is 0 Å². The monoisotopic (exact) mass is 468 g/mol. The maximum Gasteiger partial charge on any atom is 0.239 e. The number of anilines is 1. The minimum atomic E-state index is -0.178. The molecule has 4 rings (SSSR count). The predicted molar refractivity (Wildman–Crippen MR) is 125 cm³/mol. The van der Waals surface area contributed by atoms with Gasteiger partial charge < -0.3 is 23.9 Å². The highest BCUT2D eigenvalue weighted by Gasteiger charge is 2.26. The first-order chi connectivity index (χ1) is 16.5. The number of amides is 2. The Balaban J connectivity index is 1.32. The molecular weight excluding hydrogens is 436 g/mol. The molecule has 0 atom stereocenters. The molecule has 0 aromatic carbocycles. The fourth-order valence-corrected chi connectivity index (χ4v) is 4.47. The number of aromatic nitrogens is 1. The molecule has 0 unspecified atom stereocenters. The summed E-state index contributed by atoms with van der Waals surface area (Å²) >= 11 is 0. The third kappa shape index (κ3) is 5.50. The molecule has 2 fully saturated rings. The summed E-state index contributed by atoms with van der Waals surface area (Å²) in [5, 5.41) is 12.7. The Morgan fingerprint density at radius 2 is 1.76 bits per heavy atom. The molecule has 2 aromatic rings. The quantitative estimate of drug-likeness (QED) is 0.647. The van der Waals surface area contributed by atoms with Crippen molar-refractivity contribution in [1.82, 2.24) is 19.3 Å². The number of piperazine rings is 1. The minimum Gasteiger partial charge on any atom is -0.467 e. The Morgan fingerprint density at radius 1 is 1.06 bits per heavy atom. The van der Waals surface area contributed by atoms with E-state index in [1.165, 1.54) is 0 Å². The second-order valence-corrected chi connectivity index (χ2v) is 8.80. The van der Waals surface area contributed by atoms with Crippen LogP contribution in [0.3, 0.4) is 0 Å². The molecule has 10 heteroatoms. The zero-order chi connectivity index (χ0) is 24.1. The second kappa shape index (κ2) is 10.9. The molecule has 0 spiro atoms. The van der Waals surface area contributed by atoms with Gasteiger partial charge in [-0.05, 0) is 31.5 Å². The minimum absolute atomic E-state index is 0.131. The van der Waals surface area contributed by atoms with Gasteiger partial charge in [0.2, 0.25) is 11.8 Å². The van der Waals surface area contributed by atoms with Gasteiger partial charge >= 0.3 is 0 Å². The molecule has 2 aliphatic rings. The SMILES string of the molecule is Cc1c(C#N)c(NC(=O)CN2CCN(C(=O)CN3CCOCC3)CC2)n(Cc2ccco2)c1C. The highest BCUT2D eigenvalue weighted by atomic mass is 16.5.